The third-order valence-corrected chi connectivity index (χ3v) is 5.34. The molecule has 5 nitrogen and oxygen atoms in total. The summed E-state index contributed by atoms with van der Waals surface area (Å²) < 4.78 is 0. The summed E-state index contributed by atoms with van der Waals surface area (Å²) in [4.78, 5) is 28.7. The van der Waals surface area contributed by atoms with Gasteiger partial charge in [-0.15, -0.1) is 0 Å². The van der Waals surface area contributed by atoms with E-state index in [0.29, 0.717) is 13.0 Å². The van der Waals surface area contributed by atoms with Crippen LogP contribution in [0, 0.1) is 0 Å². The van der Waals surface area contributed by atoms with Crippen LogP contribution in [0.2, 0.25) is 0 Å². The van der Waals surface area contributed by atoms with Crippen molar-refractivity contribution in [3.63, 3.8) is 0 Å². The van der Waals surface area contributed by atoms with Gasteiger partial charge in [0, 0.05) is 24.8 Å². The second-order valence-electron chi connectivity index (χ2n) is 7.02. The minimum Gasteiger partial charge on any atom is -0.369 e. The number of hydrogen-bond acceptors (Lipinski definition) is 3. The molecule has 2 atom stereocenters. The number of benzene rings is 1. The number of carbonyl (C=O) groups excluding carboxylic acids is 2. The first kappa shape index (κ1) is 16.8. The Labute approximate surface area is 143 Å². The van der Waals surface area contributed by atoms with Crippen LogP contribution in [0.3, 0.4) is 0 Å². The number of fused-ring (bicyclic) bond motifs is 1. The van der Waals surface area contributed by atoms with Crippen LogP contribution in [0.5, 0.6) is 0 Å². The van der Waals surface area contributed by atoms with Crippen LogP contribution < -0.4 is 10.6 Å². The average molecular weight is 329 g/mol. The highest BCUT2D eigenvalue weighted by Gasteiger charge is 2.34. The van der Waals surface area contributed by atoms with Crippen LogP contribution in [-0.2, 0) is 9.59 Å². The van der Waals surface area contributed by atoms with E-state index in [-0.39, 0.29) is 23.8 Å². The second kappa shape index (κ2) is 7.24. The molecule has 1 fully saturated rings. The molecule has 130 valence electrons. The Morgan fingerprint density at radius 1 is 1.12 bits per heavy atom. The molecule has 0 aliphatic carbocycles. The van der Waals surface area contributed by atoms with Gasteiger partial charge in [0.15, 0.2) is 0 Å². The van der Waals surface area contributed by atoms with Gasteiger partial charge in [0.25, 0.3) is 0 Å². The summed E-state index contributed by atoms with van der Waals surface area (Å²) in [6.07, 6.45) is 5.29. The lowest BCUT2D eigenvalue weighted by Gasteiger charge is -2.40. The van der Waals surface area contributed by atoms with E-state index in [0.717, 1.165) is 37.2 Å². The van der Waals surface area contributed by atoms with Gasteiger partial charge in [-0.2, -0.15) is 0 Å². The highest BCUT2D eigenvalue weighted by atomic mass is 16.2. The number of nitrogens with zero attached hydrogens (tertiary/aromatic N) is 2. The highest BCUT2D eigenvalue weighted by molar-refractivity contribution is 5.87. The second-order valence-corrected chi connectivity index (χ2v) is 7.02. The molecule has 0 bridgehead atoms. The van der Waals surface area contributed by atoms with Crippen LogP contribution in [0.15, 0.2) is 24.3 Å². The molecular weight excluding hydrogens is 302 g/mol. The zero-order chi connectivity index (χ0) is 17.1. The molecule has 24 heavy (non-hydrogen) atoms. The zero-order valence-electron chi connectivity index (χ0n) is 14.4. The highest BCUT2D eigenvalue weighted by Crippen LogP contribution is 2.38. The maximum atomic E-state index is 12.8. The van der Waals surface area contributed by atoms with Crippen molar-refractivity contribution < 1.29 is 9.59 Å². The predicted octanol–water partition coefficient (Wildman–Crippen LogP) is 2.26. The number of hydrogen-bond donors (Lipinski definition) is 1. The van der Waals surface area contributed by atoms with E-state index in [4.69, 9.17) is 5.73 Å². The number of likely N-dealkylation sites (tertiary alicyclic amines) is 1. The molecule has 0 spiro atoms. The van der Waals surface area contributed by atoms with Crippen molar-refractivity contribution in [2.75, 3.05) is 24.5 Å². The smallest absolute Gasteiger partial charge is 0.242 e. The molecular formula is C19H27N3O2. The monoisotopic (exact) mass is 329 g/mol. The minimum absolute atomic E-state index is 0.119. The molecule has 2 aliphatic heterocycles. The SMILES string of the molecule is C[C@@H]1C[C@@H](C(N)=O)c2ccccc2N1CC(=O)N1CCCCCC1. The molecule has 0 saturated carbocycles. The third kappa shape index (κ3) is 3.40. The molecule has 5 heteroatoms. The van der Waals surface area contributed by atoms with Gasteiger partial charge in [-0.05, 0) is 37.8 Å². The minimum atomic E-state index is -0.284. The lowest BCUT2D eigenvalue weighted by Crippen LogP contribution is -2.48. The van der Waals surface area contributed by atoms with Gasteiger partial charge in [-0.1, -0.05) is 31.0 Å². The predicted molar refractivity (Wildman–Crippen MR) is 94.9 cm³/mol. The fourth-order valence-electron chi connectivity index (χ4n) is 3.95. The van der Waals surface area contributed by atoms with Crippen molar-refractivity contribution in [2.24, 2.45) is 5.73 Å². The lowest BCUT2D eigenvalue weighted by atomic mass is 9.85. The van der Waals surface area contributed by atoms with E-state index >= 15 is 0 Å². The molecule has 1 aromatic carbocycles. The fourth-order valence-corrected chi connectivity index (χ4v) is 3.95. The summed E-state index contributed by atoms with van der Waals surface area (Å²) in [5.74, 6) is -0.357. The number of anilines is 1. The van der Waals surface area contributed by atoms with Crippen LogP contribution in [-0.4, -0.2) is 42.4 Å². The van der Waals surface area contributed by atoms with E-state index in [2.05, 4.69) is 11.8 Å². The molecule has 1 aromatic rings. The van der Waals surface area contributed by atoms with Gasteiger partial charge in [-0.3, -0.25) is 9.59 Å². The Balaban J connectivity index is 1.80. The van der Waals surface area contributed by atoms with Crippen molar-refractivity contribution in [2.45, 2.75) is 51.0 Å². The summed E-state index contributed by atoms with van der Waals surface area (Å²) in [5.41, 5.74) is 7.52. The van der Waals surface area contributed by atoms with Gasteiger partial charge < -0.3 is 15.5 Å². The lowest BCUT2D eigenvalue weighted by molar-refractivity contribution is -0.129. The first-order valence-corrected chi connectivity index (χ1v) is 9.00. The van der Waals surface area contributed by atoms with Gasteiger partial charge in [0.05, 0.1) is 12.5 Å². The number of para-hydroxylation sites is 1. The Hall–Kier alpha value is -2.04. The normalized spacial score (nSPS) is 24.2. The van der Waals surface area contributed by atoms with Gasteiger partial charge in [0.2, 0.25) is 11.8 Å². The fraction of sp³-hybridized carbons (Fsp3) is 0.579. The van der Waals surface area contributed by atoms with Crippen LogP contribution >= 0.6 is 0 Å². The maximum Gasteiger partial charge on any atom is 0.242 e. The quantitative estimate of drug-likeness (QED) is 0.925. The third-order valence-electron chi connectivity index (χ3n) is 5.34. The average Bonchev–Trinajstić information content (AvgIpc) is 2.86. The number of rotatable bonds is 3. The van der Waals surface area contributed by atoms with Crippen molar-refractivity contribution in [1.82, 2.24) is 4.90 Å². The zero-order valence-corrected chi connectivity index (χ0v) is 14.4. The Bertz CT molecular complexity index is 608. The van der Waals surface area contributed by atoms with E-state index < -0.39 is 0 Å². The molecule has 0 radical (unpaired) electrons. The Morgan fingerprint density at radius 3 is 2.46 bits per heavy atom. The molecule has 0 aromatic heterocycles. The van der Waals surface area contributed by atoms with Crippen LogP contribution in [0.25, 0.3) is 0 Å². The first-order valence-electron chi connectivity index (χ1n) is 9.00. The van der Waals surface area contributed by atoms with Gasteiger partial charge in [0.1, 0.15) is 0 Å². The topological polar surface area (TPSA) is 66.6 Å². The van der Waals surface area contributed by atoms with Crippen molar-refractivity contribution in [3.05, 3.63) is 29.8 Å². The van der Waals surface area contributed by atoms with E-state index in [1.165, 1.54) is 12.8 Å². The molecule has 2 heterocycles. The van der Waals surface area contributed by atoms with Gasteiger partial charge in [-0.25, -0.2) is 0 Å². The molecule has 2 aliphatic rings. The van der Waals surface area contributed by atoms with Crippen LogP contribution in [0.4, 0.5) is 5.69 Å². The van der Waals surface area contributed by atoms with E-state index in [1.54, 1.807) is 0 Å². The molecule has 0 unspecified atom stereocenters. The summed E-state index contributed by atoms with van der Waals surface area (Å²) in [6.45, 7) is 4.18. The van der Waals surface area contributed by atoms with Crippen molar-refractivity contribution in [1.29, 1.82) is 0 Å². The maximum absolute atomic E-state index is 12.8. The van der Waals surface area contributed by atoms with Crippen LogP contribution in [0.1, 0.15) is 50.5 Å². The summed E-state index contributed by atoms with van der Waals surface area (Å²) in [5, 5.41) is 0. The number of nitrogens with two attached hydrogens (primary N) is 1. The van der Waals surface area contributed by atoms with E-state index in [9.17, 15) is 9.59 Å². The number of amides is 2. The summed E-state index contributed by atoms with van der Waals surface area (Å²) in [6, 6.07) is 7.96. The largest absolute Gasteiger partial charge is 0.369 e. The number of primary amides is 1. The summed E-state index contributed by atoms with van der Waals surface area (Å²) >= 11 is 0. The molecule has 1 saturated heterocycles. The molecule has 2 N–H and O–H groups in total. The number of carbonyl (C=O) groups is 2. The Kier molecular flexibility index (Phi) is 5.07. The standard InChI is InChI=1S/C19H27N3O2/c1-14-12-16(19(20)24)15-8-4-5-9-17(15)22(14)13-18(23)21-10-6-2-3-7-11-21/h4-5,8-9,14,16H,2-3,6-7,10-13H2,1H3,(H2,20,24)/t14-,16-/m1/s1. The van der Waals surface area contributed by atoms with Crippen molar-refractivity contribution in [3.8, 4) is 0 Å². The van der Waals surface area contributed by atoms with Crippen molar-refractivity contribution >= 4 is 17.5 Å². The van der Waals surface area contributed by atoms with E-state index in [1.807, 2.05) is 29.2 Å². The molecule has 2 amide bonds. The molecule has 3 rings (SSSR count). The Morgan fingerprint density at radius 2 is 1.79 bits per heavy atom. The summed E-state index contributed by atoms with van der Waals surface area (Å²) in [7, 11) is 0. The first-order chi connectivity index (χ1) is 11.6. The van der Waals surface area contributed by atoms with Gasteiger partial charge >= 0.3 is 0 Å².